The van der Waals surface area contributed by atoms with Gasteiger partial charge in [-0.25, -0.2) is 4.98 Å². The van der Waals surface area contributed by atoms with Crippen LogP contribution in [-0.2, 0) is 21.4 Å². The van der Waals surface area contributed by atoms with Crippen molar-refractivity contribution in [2.24, 2.45) is 11.8 Å². The molecule has 3 fully saturated rings. The summed E-state index contributed by atoms with van der Waals surface area (Å²) in [5.74, 6) is -1.42. The average Bonchev–Trinajstić information content (AvgIpc) is 3.75. The van der Waals surface area contributed by atoms with E-state index < -0.39 is 53.0 Å². The second-order valence-corrected chi connectivity index (χ2v) is 18.1. The SMILES string of the molecule is CC(C)(O)c1cc2nc([C@H]3CC[C@H](CN4CCC(CCNc5cccc6c5C(=O)N(C5CCC(=O)NC5=O)C6=O)CC4)CC3)sc2cc1NC(=O)c1ccc(C(F)(F)F)nn1. The number of anilines is 2. The standard InChI is InChI=1S/C43H47F3N8O6S/c1-42(2,60)27-20-31-33(21-30(27)48-37(56)29-10-12-34(52-51-29)43(44,45)46)61-39(49-31)25-8-6-24(7-9-25)22-53-18-15-23(16-19-53)14-17-47-28-5-3-4-26-36(28)41(59)54(40(26)58)32-11-13-35(55)50-38(32)57/h3-5,10,12,20-21,23-25,32,47,60H,6-9,11,13-19,22H2,1-2H3,(H,48,56)(H,50,55,57)/t24-,25-,32?. The Morgan fingerprint density at radius 3 is 2.34 bits per heavy atom. The number of carbonyl (C=O) groups is 5. The Labute approximate surface area is 353 Å². The molecule has 1 atom stereocenters. The van der Waals surface area contributed by atoms with E-state index in [1.165, 1.54) is 0 Å². The Bertz CT molecular complexity index is 2370. The van der Waals surface area contributed by atoms with E-state index in [4.69, 9.17) is 4.98 Å². The van der Waals surface area contributed by atoms with Crippen LogP contribution in [0.3, 0.4) is 0 Å². The first-order valence-electron chi connectivity index (χ1n) is 20.7. The number of nitrogens with zero attached hydrogens (tertiary/aromatic N) is 5. The number of benzene rings is 2. The molecule has 4 N–H and O–H groups in total. The van der Waals surface area contributed by atoms with Crippen molar-refractivity contribution < 1.29 is 42.3 Å². The summed E-state index contributed by atoms with van der Waals surface area (Å²) in [6, 6.07) is 9.28. The van der Waals surface area contributed by atoms with Gasteiger partial charge in [0.25, 0.3) is 17.7 Å². The predicted octanol–water partition coefficient (Wildman–Crippen LogP) is 6.47. The summed E-state index contributed by atoms with van der Waals surface area (Å²) in [5.41, 5.74) is -0.282. The van der Waals surface area contributed by atoms with Gasteiger partial charge >= 0.3 is 6.18 Å². The molecule has 4 aromatic rings. The summed E-state index contributed by atoms with van der Waals surface area (Å²) in [6.07, 6.45) is 2.74. The highest BCUT2D eigenvalue weighted by Crippen LogP contribution is 2.42. The quantitative estimate of drug-likeness (QED) is 0.121. The number of carbonyl (C=O) groups excluding carboxylic acids is 5. The van der Waals surface area contributed by atoms with Gasteiger partial charge in [0.1, 0.15) is 6.04 Å². The van der Waals surface area contributed by atoms with Gasteiger partial charge in [-0.1, -0.05) is 6.07 Å². The molecule has 2 aromatic carbocycles. The van der Waals surface area contributed by atoms with Gasteiger partial charge < -0.3 is 20.6 Å². The first-order valence-corrected chi connectivity index (χ1v) is 21.6. The molecule has 2 saturated heterocycles. The number of rotatable bonds is 11. The summed E-state index contributed by atoms with van der Waals surface area (Å²) in [4.78, 5) is 72.3. The minimum Gasteiger partial charge on any atom is -0.386 e. The van der Waals surface area contributed by atoms with E-state index in [1.807, 2.05) is 0 Å². The lowest BCUT2D eigenvalue weighted by Crippen LogP contribution is -2.54. The van der Waals surface area contributed by atoms with Crippen LogP contribution in [-0.4, -0.2) is 91.8 Å². The third-order valence-corrected chi connectivity index (χ3v) is 13.6. The van der Waals surface area contributed by atoms with Gasteiger partial charge in [0.2, 0.25) is 11.8 Å². The van der Waals surface area contributed by atoms with E-state index in [-0.39, 0.29) is 35.6 Å². The highest BCUT2D eigenvalue weighted by Gasteiger charge is 2.45. The van der Waals surface area contributed by atoms with E-state index in [1.54, 1.807) is 55.5 Å². The molecule has 0 radical (unpaired) electrons. The van der Waals surface area contributed by atoms with Gasteiger partial charge in [-0.3, -0.25) is 34.2 Å². The van der Waals surface area contributed by atoms with Gasteiger partial charge in [0, 0.05) is 42.4 Å². The maximum Gasteiger partial charge on any atom is 0.435 e. The lowest BCUT2D eigenvalue weighted by atomic mass is 9.81. The number of thiazole rings is 1. The van der Waals surface area contributed by atoms with Crippen molar-refractivity contribution in [2.45, 2.75) is 95.4 Å². The molecule has 8 rings (SSSR count). The van der Waals surface area contributed by atoms with Crippen LogP contribution in [0.25, 0.3) is 10.2 Å². The number of aliphatic hydroxyl groups is 1. The molecule has 14 nitrogen and oxygen atoms in total. The van der Waals surface area contributed by atoms with Crippen LogP contribution in [0.5, 0.6) is 0 Å². The van der Waals surface area contributed by atoms with Crippen molar-refractivity contribution >= 4 is 62.5 Å². The zero-order valence-corrected chi connectivity index (χ0v) is 34.6. The highest BCUT2D eigenvalue weighted by molar-refractivity contribution is 7.18. The van der Waals surface area contributed by atoms with E-state index in [9.17, 15) is 42.3 Å². The zero-order chi connectivity index (χ0) is 43.2. The van der Waals surface area contributed by atoms with Crippen molar-refractivity contribution in [3.8, 4) is 0 Å². The summed E-state index contributed by atoms with van der Waals surface area (Å²) >= 11 is 1.55. The average molecular weight is 861 g/mol. The normalized spacial score (nSPS) is 21.8. The molecule has 322 valence electrons. The Morgan fingerprint density at radius 2 is 1.67 bits per heavy atom. The van der Waals surface area contributed by atoms with Crippen LogP contribution in [0.1, 0.15) is 125 Å². The molecule has 5 amide bonds. The molecule has 1 unspecified atom stereocenters. The van der Waals surface area contributed by atoms with E-state index in [2.05, 4.69) is 31.0 Å². The number of halogens is 3. The third kappa shape index (κ3) is 9.02. The number of likely N-dealkylation sites (tertiary alicyclic amines) is 1. The maximum absolute atomic E-state index is 13.4. The molecule has 61 heavy (non-hydrogen) atoms. The topological polar surface area (TPSA) is 187 Å². The Balaban J connectivity index is 0.807. The number of hydrogen-bond acceptors (Lipinski definition) is 12. The summed E-state index contributed by atoms with van der Waals surface area (Å²) in [6.45, 7) is 6.90. The smallest absolute Gasteiger partial charge is 0.386 e. The molecule has 18 heteroatoms. The molecule has 1 saturated carbocycles. The first-order chi connectivity index (χ1) is 29.0. The van der Waals surface area contributed by atoms with Crippen molar-refractivity contribution in [2.75, 3.05) is 36.8 Å². The van der Waals surface area contributed by atoms with Gasteiger partial charge in [-0.2, -0.15) is 13.2 Å². The fourth-order valence-electron chi connectivity index (χ4n) is 9.05. The fourth-order valence-corrected chi connectivity index (χ4v) is 10.2. The molecular weight excluding hydrogens is 814 g/mol. The lowest BCUT2D eigenvalue weighted by Gasteiger charge is -2.36. The summed E-state index contributed by atoms with van der Waals surface area (Å²) in [5, 5.41) is 26.9. The molecule has 0 bridgehead atoms. The Kier molecular flexibility index (Phi) is 11.7. The van der Waals surface area contributed by atoms with Crippen LogP contribution >= 0.6 is 11.3 Å². The Hall–Kier alpha value is -5.33. The summed E-state index contributed by atoms with van der Waals surface area (Å²) < 4.78 is 39.7. The number of hydrogen-bond donors (Lipinski definition) is 4. The highest BCUT2D eigenvalue weighted by atomic mass is 32.1. The lowest BCUT2D eigenvalue weighted by molar-refractivity contribution is -0.142. The monoisotopic (exact) mass is 860 g/mol. The van der Waals surface area contributed by atoms with Crippen LogP contribution in [0.15, 0.2) is 42.5 Å². The molecule has 2 aromatic heterocycles. The van der Waals surface area contributed by atoms with Crippen LogP contribution in [0.4, 0.5) is 24.5 Å². The number of nitrogens with one attached hydrogen (secondary N) is 3. The minimum atomic E-state index is -4.68. The zero-order valence-electron chi connectivity index (χ0n) is 33.8. The molecular formula is C43H47F3N8O6S. The van der Waals surface area contributed by atoms with Gasteiger partial charge in [0.05, 0.1) is 32.0 Å². The number of aromatic nitrogens is 3. The number of imide groups is 2. The van der Waals surface area contributed by atoms with Crippen molar-refractivity contribution in [1.29, 1.82) is 0 Å². The van der Waals surface area contributed by atoms with E-state index in [0.717, 1.165) is 85.3 Å². The van der Waals surface area contributed by atoms with Gasteiger partial charge in [-0.15, -0.1) is 21.5 Å². The second kappa shape index (κ2) is 16.9. The molecule has 1 aliphatic carbocycles. The van der Waals surface area contributed by atoms with Crippen LogP contribution in [0, 0.1) is 11.8 Å². The Morgan fingerprint density at radius 1 is 0.918 bits per heavy atom. The van der Waals surface area contributed by atoms with Crippen molar-refractivity contribution in [3.63, 3.8) is 0 Å². The first kappa shape index (κ1) is 42.4. The third-order valence-electron chi connectivity index (χ3n) is 12.4. The molecule has 0 spiro atoms. The molecule has 3 aliphatic heterocycles. The van der Waals surface area contributed by atoms with Crippen LogP contribution < -0.4 is 16.0 Å². The predicted molar refractivity (Wildman–Crippen MR) is 220 cm³/mol. The minimum absolute atomic E-state index is 0.0709. The fraction of sp³-hybridized carbons (Fsp3) is 0.488. The number of fused-ring (bicyclic) bond motifs is 2. The van der Waals surface area contributed by atoms with Crippen LogP contribution in [0.2, 0.25) is 0 Å². The summed E-state index contributed by atoms with van der Waals surface area (Å²) in [7, 11) is 0. The number of piperidine rings is 2. The van der Waals surface area contributed by atoms with Crippen molar-refractivity contribution in [1.82, 2.24) is 30.3 Å². The van der Waals surface area contributed by atoms with Gasteiger partial charge in [-0.05, 0) is 127 Å². The van der Waals surface area contributed by atoms with E-state index in [0.29, 0.717) is 46.9 Å². The number of amides is 5. The van der Waals surface area contributed by atoms with E-state index >= 15 is 0 Å². The number of alkyl halides is 3. The molecule has 5 heterocycles. The van der Waals surface area contributed by atoms with Gasteiger partial charge in [0.15, 0.2) is 11.4 Å². The molecule has 4 aliphatic rings. The second-order valence-electron chi connectivity index (χ2n) is 17.1. The van der Waals surface area contributed by atoms with Crippen molar-refractivity contribution in [3.05, 3.63) is 75.6 Å². The maximum atomic E-state index is 13.4. The largest absolute Gasteiger partial charge is 0.435 e.